The van der Waals surface area contributed by atoms with Crippen LogP contribution in [-0.2, 0) is 4.79 Å². The fourth-order valence-corrected chi connectivity index (χ4v) is 4.83. The third-order valence-electron chi connectivity index (χ3n) is 3.20. The Kier molecular flexibility index (Phi) is 4.05. The van der Waals surface area contributed by atoms with Gasteiger partial charge in [0.2, 0.25) is 0 Å². The van der Waals surface area contributed by atoms with Crippen molar-refractivity contribution < 1.29 is 4.79 Å². The second-order valence-electron chi connectivity index (χ2n) is 4.60. The third kappa shape index (κ3) is 2.47. The molecule has 2 fully saturated rings. The molecule has 0 saturated carbocycles. The van der Waals surface area contributed by atoms with Gasteiger partial charge in [-0.3, -0.25) is 9.69 Å². The zero-order valence-corrected chi connectivity index (χ0v) is 13.5. The highest BCUT2D eigenvalue weighted by molar-refractivity contribution is 8.27. The van der Waals surface area contributed by atoms with Crippen LogP contribution >= 0.6 is 35.7 Å². The Morgan fingerprint density at radius 3 is 2.70 bits per heavy atom. The van der Waals surface area contributed by atoms with Gasteiger partial charge in [0.1, 0.15) is 4.91 Å². The molecule has 1 amide bonds. The zero-order valence-electron chi connectivity index (χ0n) is 11.0. The van der Waals surface area contributed by atoms with E-state index in [-0.39, 0.29) is 5.91 Å². The summed E-state index contributed by atoms with van der Waals surface area (Å²) in [5.41, 5.74) is 0.842. The van der Waals surface area contributed by atoms with Gasteiger partial charge in [-0.1, -0.05) is 42.2 Å². The SMILES string of the molecule is CN1CCCS/C1=C1\SC(=S)N(c2ccccc2)C1=O. The molecule has 1 aromatic rings. The minimum absolute atomic E-state index is 0.00227. The summed E-state index contributed by atoms with van der Waals surface area (Å²) in [4.78, 5) is 17.2. The van der Waals surface area contributed by atoms with E-state index in [0.717, 1.165) is 34.3 Å². The molecule has 1 aromatic carbocycles. The van der Waals surface area contributed by atoms with Gasteiger partial charge in [-0.2, -0.15) is 0 Å². The zero-order chi connectivity index (χ0) is 14.1. The summed E-state index contributed by atoms with van der Waals surface area (Å²) in [6, 6.07) is 9.60. The molecule has 2 heterocycles. The molecule has 2 aliphatic heterocycles. The molecule has 20 heavy (non-hydrogen) atoms. The van der Waals surface area contributed by atoms with Gasteiger partial charge in [-0.25, -0.2) is 0 Å². The quantitative estimate of drug-likeness (QED) is 0.583. The topological polar surface area (TPSA) is 23.6 Å². The first-order chi connectivity index (χ1) is 9.68. The van der Waals surface area contributed by atoms with Crippen LogP contribution in [0, 0.1) is 0 Å². The van der Waals surface area contributed by atoms with Crippen molar-refractivity contribution in [3.05, 3.63) is 40.3 Å². The van der Waals surface area contributed by atoms with Crippen molar-refractivity contribution in [3.8, 4) is 0 Å². The van der Waals surface area contributed by atoms with Gasteiger partial charge >= 0.3 is 0 Å². The van der Waals surface area contributed by atoms with Gasteiger partial charge in [0.25, 0.3) is 5.91 Å². The van der Waals surface area contributed by atoms with Crippen molar-refractivity contribution in [3.63, 3.8) is 0 Å². The Morgan fingerprint density at radius 1 is 1.25 bits per heavy atom. The molecule has 0 radical (unpaired) electrons. The van der Waals surface area contributed by atoms with E-state index in [1.807, 2.05) is 37.4 Å². The predicted octanol–water partition coefficient (Wildman–Crippen LogP) is 3.29. The van der Waals surface area contributed by atoms with Crippen LogP contribution in [0.25, 0.3) is 0 Å². The van der Waals surface area contributed by atoms with Crippen molar-refractivity contribution in [1.82, 2.24) is 4.90 Å². The number of thioether (sulfide) groups is 2. The molecule has 0 aliphatic carbocycles. The summed E-state index contributed by atoms with van der Waals surface area (Å²) in [5, 5.41) is 1.06. The van der Waals surface area contributed by atoms with Crippen molar-refractivity contribution in [2.24, 2.45) is 0 Å². The highest BCUT2D eigenvalue weighted by Gasteiger charge is 2.37. The summed E-state index contributed by atoms with van der Waals surface area (Å²) in [7, 11) is 2.04. The lowest BCUT2D eigenvalue weighted by Gasteiger charge is -2.27. The second-order valence-corrected chi connectivity index (χ2v) is 7.33. The predicted molar refractivity (Wildman–Crippen MR) is 90.8 cm³/mol. The number of carbonyl (C=O) groups excluding carboxylic acids is 1. The number of hydrogen-bond acceptors (Lipinski definition) is 5. The van der Waals surface area contributed by atoms with Crippen LogP contribution in [0.3, 0.4) is 0 Å². The van der Waals surface area contributed by atoms with Gasteiger partial charge < -0.3 is 4.90 Å². The molecule has 2 aliphatic rings. The Bertz CT molecular complexity index is 585. The maximum atomic E-state index is 12.7. The minimum Gasteiger partial charge on any atom is -0.368 e. The van der Waals surface area contributed by atoms with Crippen molar-refractivity contribution in [2.45, 2.75) is 6.42 Å². The summed E-state index contributed by atoms with van der Waals surface area (Å²) < 4.78 is 0.614. The Labute approximate surface area is 132 Å². The maximum absolute atomic E-state index is 12.7. The van der Waals surface area contributed by atoms with E-state index in [1.165, 1.54) is 11.8 Å². The lowest BCUT2D eigenvalue weighted by molar-refractivity contribution is -0.113. The van der Waals surface area contributed by atoms with Crippen LogP contribution in [0.1, 0.15) is 6.42 Å². The minimum atomic E-state index is 0.00227. The third-order valence-corrected chi connectivity index (χ3v) is 5.97. The number of carbonyl (C=O) groups is 1. The summed E-state index contributed by atoms with van der Waals surface area (Å²) in [6.07, 6.45) is 1.16. The maximum Gasteiger partial charge on any atom is 0.273 e. The highest BCUT2D eigenvalue weighted by Crippen LogP contribution is 2.41. The molecule has 3 nitrogen and oxygen atoms in total. The number of benzene rings is 1. The van der Waals surface area contributed by atoms with Gasteiger partial charge in [0.05, 0.1) is 10.7 Å². The molecular weight excluding hydrogens is 308 g/mol. The molecule has 104 valence electrons. The first-order valence-electron chi connectivity index (χ1n) is 6.38. The summed E-state index contributed by atoms with van der Waals surface area (Å²) in [6.45, 7) is 0.998. The number of hydrogen-bond donors (Lipinski definition) is 0. The number of para-hydroxylation sites is 1. The largest absolute Gasteiger partial charge is 0.368 e. The van der Waals surface area contributed by atoms with Crippen LogP contribution < -0.4 is 4.90 Å². The van der Waals surface area contributed by atoms with Gasteiger partial charge in [-0.05, 0) is 18.6 Å². The fraction of sp³-hybridized carbons (Fsp3) is 0.286. The van der Waals surface area contributed by atoms with Gasteiger partial charge in [0, 0.05) is 19.3 Å². The molecule has 0 N–H and O–H groups in total. The van der Waals surface area contributed by atoms with Crippen molar-refractivity contribution in [1.29, 1.82) is 0 Å². The standard InChI is InChI=1S/C14H14N2OS3/c1-15-8-5-9-19-13(15)11-12(17)16(14(18)20-11)10-6-3-2-4-7-10/h2-4,6-7H,5,8-9H2,1H3/b13-11-. The lowest BCUT2D eigenvalue weighted by atomic mass is 10.3. The Balaban J connectivity index is 1.96. The van der Waals surface area contributed by atoms with Crippen LogP contribution in [-0.4, -0.2) is 34.5 Å². The molecule has 0 atom stereocenters. The van der Waals surface area contributed by atoms with Crippen LogP contribution in [0.4, 0.5) is 5.69 Å². The van der Waals surface area contributed by atoms with Crippen molar-refractivity contribution >= 4 is 51.7 Å². The summed E-state index contributed by atoms with van der Waals surface area (Å²) >= 11 is 8.55. The van der Waals surface area contributed by atoms with Crippen LogP contribution in [0.2, 0.25) is 0 Å². The van der Waals surface area contributed by atoms with Gasteiger partial charge in [-0.15, -0.1) is 11.8 Å². The molecule has 6 heteroatoms. The number of thiocarbonyl (C=S) groups is 1. The van der Waals surface area contributed by atoms with Crippen molar-refractivity contribution in [2.75, 3.05) is 24.2 Å². The molecule has 2 saturated heterocycles. The van der Waals surface area contributed by atoms with E-state index in [0.29, 0.717) is 4.32 Å². The van der Waals surface area contributed by atoms with E-state index in [4.69, 9.17) is 12.2 Å². The highest BCUT2D eigenvalue weighted by atomic mass is 32.2. The van der Waals surface area contributed by atoms with E-state index in [2.05, 4.69) is 4.90 Å². The molecule has 3 rings (SSSR count). The monoisotopic (exact) mass is 322 g/mol. The average Bonchev–Trinajstić information content (AvgIpc) is 2.75. The number of amides is 1. The van der Waals surface area contributed by atoms with E-state index in [1.54, 1.807) is 16.7 Å². The molecular formula is C14H14N2OS3. The van der Waals surface area contributed by atoms with Gasteiger partial charge in [0.15, 0.2) is 4.32 Å². The molecule has 0 unspecified atom stereocenters. The van der Waals surface area contributed by atoms with E-state index >= 15 is 0 Å². The normalized spacial score (nSPS) is 23.6. The van der Waals surface area contributed by atoms with E-state index < -0.39 is 0 Å². The Hall–Kier alpha value is -0.980. The van der Waals surface area contributed by atoms with E-state index in [9.17, 15) is 4.79 Å². The first kappa shape index (κ1) is 14.0. The number of rotatable bonds is 1. The molecule has 0 bridgehead atoms. The number of anilines is 1. The molecule has 0 aromatic heterocycles. The second kappa shape index (κ2) is 5.79. The van der Waals surface area contributed by atoms with Crippen LogP contribution in [0.15, 0.2) is 40.3 Å². The number of nitrogens with zero attached hydrogens (tertiary/aromatic N) is 2. The summed E-state index contributed by atoms with van der Waals surface area (Å²) in [5.74, 6) is 1.07. The molecule has 0 spiro atoms. The van der Waals surface area contributed by atoms with Crippen LogP contribution in [0.5, 0.6) is 0 Å². The fourth-order valence-electron chi connectivity index (χ4n) is 2.22. The smallest absolute Gasteiger partial charge is 0.273 e. The lowest BCUT2D eigenvalue weighted by Crippen LogP contribution is -2.29. The Morgan fingerprint density at radius 2 is 2.00 bits per heavy atom. The first-order valence-corrected chi connectivity index (χ1v) is 8.59. The average molecular weight is 322 g/mol.